The van der Waals surface area contributed by atoms with Crippen LogP contribution in [0.15, 0.2) is 18.7 Å². The highest BCUT2D eigenvalue weighted by molar-refractivity contribution is 5.86. The van der Waals surface area contributed by atoms with Crippen LogP contribution < -0.4 is 0 Å². The smallest absolute Gasteiger partial charge is 0.246 e. The Bertz CT molecular complexity index is 395. The van der Waals surface area contributed by atoms with Crippen molar-refractivity contribution in [3.63, 3.8) is 0 Å². The van der Waals surface area contributed by atoms with Gasteiger partial charge in [-0.05, 0) is 32.4 Å². The van der Waals surface area contributed by atoms with Crippen molar-refractivity contribution < 1.29 is 4.79 Å². The number of carbonyl (C=O) groups is 1. The van der Waals surface area contributed by atoms with E-state index in [1.54, 1.807) is 4.90 Å². The molecule has 0 spiro atoms. The van der Waals surface area contributed by atoms with Gasteiger partial charge in [-0.15, -0.1) is 0 Å². The second-order valence-electron chi connectivity index (χ2n) is 4.06. The van der Waals surface area contributed by atoms with E-state index in [0.29, 0.717) is 13.1 Å². The van der Waals surface area contributed by atoms with E-state index in [0.717, 1.165) is 24.4 Å². The number of rotatable bonds is 6. The molecular formula is C13H21N3O. The molecule has 1 amide bonds. The van der Waals surface area contributed by atoms with Crippen molar-refractivity contribution in [2.45, 2.75) is 40.3 Å². The summed E-state index contributed by atoms with van der Waals surface area (Å²) in [5, 5.41) is 4.43. The predicted molar refractivity (Wildman–Crippen MR) is 68.5 cm³/mol. The molecular weight excluding hydrogens is 214 g/mol. The summed E-state index contributed by atoms with van der Waals surface area (Å²) in [7, 11) is 0. The molecule has 4 heteroatoms. The Morgan fingerprint density at radius 3 is 2.82 bits per heavy atom. The van der Waals surface area contributed by atoms with Gasteiger partial charge in [-0.2, -0.15) is 5.10 Å². The molecule has 0 N–H and O–H groups in total. The van der Waals surface area contributed by atoms with Gasteiger partial charge in [0.2, 0.25) is 5.91 Å². The molecule has 1 rings (SSSR count). The predicted octanol–water partition coefficient (Wildman–Crippen LogP) is 2.14. The molecule has 0 bridgehead atoms. The highest BCUT2D eigenvalue weighted by Gasteiger charge is 2.12. The lowest BCUT2D eigenvalue weighted by Gasteiger charge is -2.19. The largest absolute Gasteiger partial charge is 0.334 e. The third-order valence-corrected chi connectivity index (χ3v) is 2.64. The van der Waals surface area contributed by atoms with Gasteiger partial charge in [-0.1, -0.05) is 13.5 Å². The Kier molecular flexibility index (Phi) is 4.94. The minimum absolute atomic E-state index is 0.0330. The molecule has 1 heterocycles. The van der Waals surface area contributed by atoms with E-state index < -0.39 is 0 Å². The number of carbonyl (C=O) groups excluding carboxylic acids is 1. The fourth-order valence-corrected chi connectivity index (χ4v) is 1.80. The zero-order chi connectivity index (χ0) is 12.8. The molecule has 94 valence electrons. The van der Waals surface area contributed by atoms with Crippen molar-refractivity contribution in [1.82, 2.24) is 14.7 Å². The van der Waals surface area contributed by atoms with Crippen LogP contribution in [0.1, 0.15) is 31.7 Å². The number of nitrogens with zero attached hydrogens (tertiary/aromatic N) is 3. The van der Waals surface area contributed by atoms with E-state index in [2.05, 4.69) is 18.6 Å². The Morgan fingerprint density at radius 1 is 1.59 bits per heavy atom. The molecule has 0 aliphatic heterocycles. The standard InChI is InChI=1S/C13H21N3O/c1-5-8-16-12(9-11(4)14-16)10-15(7-3)13(17)6-2/h6,9H,2,5,7-8,10H2,1,3-4H3. The van der Waals surface area contributed by atoms with Gasteiger partial charge in [0.25, 0.3) is 0 Å². The van der Waals surface area contributed by atoms with Crippen molar-refractivity contribution >= 4 is 5.91 Å². The van der Waals surface area contributed by atoms with Crippen LogP contribution in [-0.2, 0) is 17.9 Å². The third-order valence-electron chi connectivity index (χ3n) is 2.64. The fraction of sp³-hybridized carbons (Fsp3) is 0.538. The Hall–Kier alpha value is -1.58. The van der Waals surface area contributed by atoms with Crippen LogP contribution in [0, 0.1) is 6.92 Å². The number of likely N-dealkylation sites (N-methyl/N-ethyl adjacent to an activating group) is 1. The summed E-state index contributed by atoms with van der Waals surface area (Å²) in [5.74, 6) is -0.0330. The maximum absolute atomic E-state index is 11.6. The molecule has 0 aliphatic rings. The SMILES string of the molecule is C=CC(=O)N(CC)Cc1cc(C)nn1CCC. The molecule has 0 aliphatic carbocycles. The van der Waals surface area contributed by atoms with Crippen LogP contribution in [0.3, 0.4) is 0 Å². The van der Waals surface area contributed by atoms with Gasteiger partial charge in [-0.25, -0.2) is 0 Å². The highest BCUT2D eigenvalue weighted by Crippen LogP contribution is 2.09. The van der Waals surface area contributed by atoms with Gasteiger partial charge in [0.05, 0.1) is 17.9 Å². The lowest BCUT2D eigenvalue weighted by atomic mass is 10.3. The molecule has 1 aromatic heterocycles. The highest BCUT2D eigenvalue weighted by atomic mass is 16.2. The molecule has 0 fully saturated rings. The van der Waals surface area contributed by atoms with Crippen molar-refractivity contribution in [2.75, 3.05) is 6.54 Å². The second kappa shape index (κ2) is 6.23. The first-order valence-electron chi connectivity index (χ1n) is 6.07. The molecule has 4 nitrogen and oxygen atoms in total. The first kappa shape index (κ1) is 13.5. The Morgan fingerprint density at radius 2 is 2.29 bits per heavy atom. The molecule has 17 heavy (non-hydrogen) atoms. The topological polar surface area (TPSA) is 38.1 Å². The van der Waals surface area contributed by atoms with Crippen LogP contribution >= 0.6 is 0 Å². The van der Waals surface area contributed by atoms with Crippen molar-refractivity contribution in [3.8, 4) is 0 Å². The van der Waals surface area contributed by atoms with Gasteiger partial charge >= 0.3 is 0 Å². The quantitative estimate of drug-likeness (QED) is 0.708. The first-order valence-corrected chi connectivity index (χ1v) is 6.07. The average Bonchev–Trinajstić information content (AvgIpc) is 2.66. The number of hydrogen-bond donors (Lipinski definition) is 0. The Balaban J connectivity index is 2.84. The van der Waals surface area contributed by atoms with E-state index in [9.17, 15) is 4.79 Å². The van der Waals surface area contributed by atoms with E-state index in [4.69, 9.17) is 0 Å². The Labute approximate surface area is 103 Å². The summed E-state index contributed by atoms with van der Waals surface area (Å²) in [6.07, 6.45) is 2.40. The van der Waals surface area contributed by atoms with Gasteiger partial charge < -0.3 is 4.90 Å². The number of hydrogen-bond acceptors (Lipinski definition) is 2. The van der Waals surface area contributed by atoms with Gasteiger partial charge in [0, 0.05) is 13.1 Å². The summed E-state index contributed by atoms with van der Waals surface area (Å²) in [6, 6.07) is 2.04. The van der Waals surface area contributed by atoms with E-state index in [1.807, 2.05) is 24.6 Å². The normalized spacial score (nSPS) is 10.3. The van der Waals surface area contributed by atoms with Crippen LogP contribution in [0.25, 0.3) is 0 Å². The summed E-state index contributed by atoms with van der Waals surface area (Å²) >= 11 is 0. The molecule has 0 saturated carbocycles. The summed E-state index contributed by atoms with van der Waals surface area (Å²) in [4.78, 5) is 13.4. The van der Waals surface area contributed by atoms with Crippen molar-refractivity contribution in [2.24, 2.45) is 0 Å². The molecule has 0 atom stereocenters. The molecule has 0 unspecified atom stereocenters. The minimum Gasteiger partial charge on any atom is -0.334 e. The van der Waals surface area contributed by atoms with Crippen molar-refractivity contribution in [3.05, 3.63) is 30.1 Å². The molecule has 1 aromatic rings. The summed E-state index contributed by atoms with van der Waals surface area (Å²) < 4.78 is 1.98. The van der Waals surface area contributed by atoms with Crippen LogP contribution in [0.2, 0.25) is 0 Å². The van der Waals surface area contributed by atoms with Crippen LogP contribution in [0.4, 0.5) is 0 Å². The number of amides is 1. The maximum atomic E-state index is 11.6. The zero-order valence-corrected chi connectivity index (χ0v) is 10.9. The van der Waals surface area contributed by atoms with E-state index in [-0.39, 0.29) is 5.91 Å². The average molecular weight is 235 g/mol. The summed E-state index contributed by atoms with van der Waals surface area (Å²) in [6.45, 7) is 11.8. The van der Waals surface area contributed by atoms with Crippen LogP contribution in [0.5, 0.6) is 0 Å². The van der Waals surface area contributed by atoms with Gasteiger partial charge in [0.15, 0.2) is 0 Å². The first-order chi connectivity index (χ1) is 8.12. The number of aryl methyl sites for hydroxylation is 2. The minimum atomic E-state index is -0.0330. The molecule has 0 saturated heterocycles. The third kappa shape index (κ3) is 3.44. The zero-order valence-electron chi connectivity index (χ0n) is 10.9. The lowest BCUT2D eigenvalue weighted by molar-refractivity contribution is -0.126. The van der Waals surface area contributed by atoms with E-state index in [1.165, 1.54) is 6.08 Å². The summed E-state index contributed by atoms with van der Waals surface area (Å²) in [5.41, 5.74) is 2.08. The van der Waals surface area contributed by atoms with E-state index >= 15 is 0 Å². The van der Waals surface area contributed by atoms with Gasteiger partial charge in [-0.3, -0.25) is 9.48 Å². The van der Waals surface area contributed by atoms with Crippen LogP contribution in [-0.4, -0.2) is 27.1 Å². The second-order valence-corrected chi connectivity index (χ2v) is 4.06. The van der Waals surface area contributed by atoms with Gasteiger partial charge in [0.1, 0.15) is 0 Å². The maximum Gasteiger partial charge on any atom is 0.246 e. The number of aromatic nitrogens is 2. The molecule has 0 aromatic carbocycles. The fourth-order valence-electron chi connectivity index (χ4n) is 1.80. The van der Waals surface area contributed by atoms with Crippen molar-refractivity contribution in [1.29, 1.82) is 0 Å². The molecule has 0 radical (unpaired) electrons. The lowest BCUT2D eigenvalue weighted by Crippen LogP contribution is -2.29. The monoisotopic (exact) mass is 235 g/mol.